The molecule has 0 aromatic heterocycles. The zero-order valence-corrected chi connectivity index (χ0v) is 16.7. The Morgan fingerprint density at radius 3 is 2.56 bits per heavy atom. The van der Waals surface area contributed by atoms with Crippen LogP contribution in [-0.4, -0.2) is 47.7 Å². The fourth-order valence-electron chi connectivity index (χ4n) is 4.46. The Morgan fingerprint density at radius 2 is 1.93 bits per heavy atom. The number of rotatable bonds is 9. The second-order valence-electron chi connectivity index (χ2n) is 8.23. The van der Waals surface area contributed by atoms with Crippen molar-refractivity contribution in [2.24, 2.45) is 5.92 Å². The molecule has 0 bridgehead atoms. The minimum atomic E-state index is -0.702. The highest BCUT2D eigenvalue weighted by Crippen LogP contribution is 2.40. The molecule has 0 saturated heterocycles. The van der Waals surface area contributed by atoms with Gasteiger partial charge in [0.2, 0.25) is 0 Å². The number of aliphatic carboxylic acids is 1. The van der Waals surface area contributed by atoms with Gasteiger partial charge in [-0.05, 0) is 57.1 Å². The summed E-state index contributed by atoms with van der Waals surface area (Å²) in [7, 11) is 2.07. The second kappa shape index (κ2) is 9.52. The van der Waals surface area contributed by atoms with E-state index < -0.39 is 5.97 Å². The van der Waals surface area contributed by atoms with Gasteiger partial charge in [-0.3, -0.25) is 4.79 Å². The van der Waals surface area contributed by atoms with E-state index in [0.29, 0.717) is 30.6 Å². The maximum Gasteiger partial charge on any atom is 0.304 e. The molecule has 0 spiro atoms. The van der Waals surface area contributed by atoms with Crippen molar-refractivity contribution in [2.75, 3.05) is 13.6 Å². The summed E-state index contributed by atoms with van der Waals surface area (Å²) >= 11 is 0. The van der Waals surface area contributed by atoms with Gasteiger partial charge in [-0.25, -0.2) is 0 Å². The van der Waals surface area contributed by atoms with Crippen LogP contribution < -0.4 is 5.32 Å². The molecule has 148 valence electrons. The average molecular weight is 371 g/mol. The van der Waals surface area contributed by atoms with Crippen LogP contribution in [0.2, 0.25) is 0 Å². The van der Waals surface area contributed by atoms with Gasteiger partial charge in [-0.15, -0.1) is 0 Å². The van der Waals surface area contributed by atoms with E-state index in [-0.39, 0.29) is 6.42 Å². The standard InChI is InChI=1S/C23H34N2O2/c1-3-18(15-17-7-5-4-6-8-17)21-16-22(21)24-19-9-11-20(12-10-19)25(2)14-13-23(26)27/h4-8,15,19-22,24H,3,9-14,16H2,1-2H3,(H,26,27)/b18-15+/t19?,20?,21-,22+/m0/s1. The van der Waals surface area contributed by atoms with Gasteiger partial charge < -0.3 is 15.3 Å². The van der Waals surface area contributed by atoms with Crippen LogP contribution in [0.3, 0.4) is 0 Å². The monoisotopic (exact) mass is 370 g/mol. The number of benzene rings is 1. The summed E-state index contributed by atoms with van der Waals surface area (Å²) in [6.45, 7) is 2.93. The molecule has 4 nitrogen and oxygen atoms in total. The van der Waals surface area contributed by atoms with Crippen molar-refractivity contribution < 1.29 is 9.90 Å². The predicted octanol–water partition coefficient (Wildman–Crippen LogP) is 4.18. The van der Waals surface area contributed by atoms with Gasteiger partial charge in [0.05, 0.1) is 6.42 Å². The number of nitrogens with one attached hydrogen (secondary N) is 1. The van der Waals surface area contributed by atoms with Crippen molar-refractivity contribution in [3.8, 4) is 0 Å². The fraction of sp³-hybridized carbons (Fsp3) is 0.609. The number of carbonyl (C=O) groups is 1. The molecule has 0 amide bonds. The van der Waals surface area contributed by atoms with Gasteiger partial charge in [0.15, 0.2) is 0 Å². The first-order valence-corrected chi connectivity index (χ1v) is 10.5. The fourth-order valence-corrected chi connectivity index (χ4v) is 4.46. The zero-order chi connectivity index (χ0) is 19.2. The molecule has 2 aliphatic carbocycles. The van der Waals surface area contributed by atoms with E-state index in [2.05, 4.69) is 60.6 Å². The van der Waals surface area contributed by atoms with E-state index in [1.54, 1.807) is 5.57 Å². The second-order valence-corrected chi connectivity index (χ2v) is 8.23. The Kier molecular flexibility index (Phi) is 7.08. The van der Waals surface area contributed by atoms with Crippen LogP contribution in [0, 0.1) is 5.92 Å². The SMILES string of the molecule is CC/C(=C\c1ccccc1)[C@@H]1C[C@H]1NC1CCC(N(C)CCC(=O)O)CC1. The smallest absolute Gasteiger partial charge is 0.304 e. The van der Waals surface area contributed by atoms with Crippen molar-refractivity contribution in [1.82, 2.24) is 10.2 Å². The van der Waals surface area contributed by atoms with E-state index in [1.807, 2.05) is 0 Å². The molecule has 2 fully saturated rings. The summed E-state index contributed by atoms with van der Waals surface area (Å²) < 4.78 is 0. The summed E-state index contributed by atoms with van der Waals surface area (Å²) in [6.07, 6.45) is 9.76. The molecular weight excluding hydrogens is 336 g/mol. The van der Waals surface area contributed by atoms with Gasteiger partial charge in [-0.1, -0.05) is 48.9 Å². The van der Waals surface area contributed by atoms with E-state index in [4.69, 9.17) is 5.11 Å². The van der Waals surface area contributed by atoms with Gasteiger partial charge in [0.25, 0.3) is 0 Å². The number of nitrogens with zero attached hydrogens (tertiary/aromatic N) is 1. The molecule has 1 aromatic rings. The summed E-state index contributed by atoms with van der Waals surface area (Å²) in [4.78, 5) is 13.0. The molecule has 0 aliphatic heterocycles. The molecule has 2 atom stereocenters. The Hall–Kier alpha value is -1.65. The van der Waals surface area contributed by atoms with Crippen LogP contribution in [0.4, 0.5) is 0 Å². The number of hydrogen-bond donors (Lipinski definition) is 2. The Labute approximate surface area is 163 Å². The lowest BCUT2D eigenvalue weighted by atomic mass is 9.90. The van der Waals surface area contributed by atoms with E-state index in [0.717, 1.165) is 6.42 Å². The van der Waals surface area contributed by atoms with Crippen molar-refractivity contribution in [3.05, 3.63) is 41.5 Å². The van der Waals surface area contributed by atoms with E-state index >= 15 is 0 Å². The van der Waals surface area contributed by atoms with Crippen LogP contribution in [0.25, 0.3) is 6.08 Å². The third-order valence-corrected chi connectivity index (χ3v) is 6.27. The maximum atomic E-state index is 10.8. The highest BCUT2D eigenvalue weighted by Gasteiger charge is 2.40. The highest BCUT2D eigenvalue weighted by molar-refractivity contribution is 5.66. The average Bonchev–Trinajstić information content (AvgIpc) is 3.44. The highest BCUT2D eigenvalue weighted by atomic mass is 16.4. The van der Waals surface area contributed by atoms with Crippen LogP contribution in [0.15, 0.2) is 35.9 Å². The van der Waals surface area contributed by atoms with Crippen LogP contribution in [-0.2, 0) is 4.79 Å². The van der Waals surface area contributed by atoms with Crippen LogP contribution in [0.1, 0.15) is 57.4 Å². The first-order valence-electron chi connectivity index (χ1n) is 10.5. The number of hydrogen-bond acceptors (Lipinski definition) is 3. The predicted molar refractivity (Wildman–Crippen MR) is 111 cm³/mol. The van der Waals surface area contributed by atoms with Crippen molar-refractivity contribution in [3.63, 3.8) is 0 Å². The third kappa shape index (κ3) is 5.91. The van der Waals surface area contributed by atoms with Crippen LogP contribution in [0.5, 0.6) is 0 Å². The molecule has 0 radical (unpaired) electrons. The van der Waals surface area contributed by atoms with Crippen LogP contribution >= 0.6 is 0 Å². The minimum absolute atomic E-state index is 0.242. The number of carboxylic acid groups (broad SMARTS) is 1. The molecule has 0 heterocycles. The number of carboxylic acids is 1. The minimum Gasteiger partial charge on any atom is -0.481 e. The van der Waals surface area contributed by atoms with Gasteiger partial charge in [0.1, 0.15) is 0 Å². The van der Waals surface area contributed by atoms with Crippen molar-refractivity contribution in [2.45, 2.75) is 70.0 Å². The van der Waals surface area contributed by atoms with Crippen molar-refractivity contribution >= 4 is 12.0 Å². The Bertz CT molecular complexity index is 635. The first kappa shape index (κ1) is 20.1. The van der Waals surface area contributed by atoms with E-state index in [9.17, 15) is 4.79 Å². The topological polar surface area (TPSA) is 52.6 Å². The molecule has 0 unspecified atom stereocenters. The molecule has 3 rings (SSSR count). The third-order valence-electron chi connectivity index (χ3n) is 6.27. The zero-order valence-electron chi connectivity index (χ0n) is 16.7. The summed E-state index contributed by atoms with van der Waals surface area (Å²) in [5.74, 6) is -0.00145. The van der Waals surface area contributed by atoms with Gasteiger partial charge in [-0.2, -0.15) is 0 Å². The van der Waals surface area contributed by atoms with E-state index in [1.165, 1.54) is 37.7 Å². The largest absolute Gasteiger partial charge is 0.481 e. The quantitative estimate of drug-likeness (QED) is 0.685. The lowest BCUT2D eigenvalue weighted by molar-refractivity contribution is -0.137. The summed E-state index contributed by atoms with van der Waals surface area (Å²) in [5.41, 5.74) is 2.88. The molecule has 2 aliphatic rings. The molecular formula is C23H34N2O2. The molecule has 1 aromatic carbocycles. The lowest BCUT2D eigenvalue weighted by Crippen LogP contribution is -2.42. The van der Waals surface area contributed by atoms with Gasteiger partial charge in [0, 0.05) is 24.7 Å². The molecule has 4 heteroatoms. The Morgan fingerprint density at radius 1 is 1.22 bits per heavy atom. The molecule has 2 saturated carbocycles. The molecule has 2 N–H and O–H groups in total. The van der Waals surface area contributed by atoms with Gasteiger partial charge >= 0.3 is 5.97 Å². The Balaban J connectivity index is 1.43. The summed E-state index contributed by atoms with van der Waals surface area (Å²) in [6, 6.07) is 12.5. The molecule has 27 heavy (non-hydrogen) atoms. The summed E-state index contributed by atoms with van der Waals surface area (Å²) in [5, 5.41) is 12.8. The normalized spacial score (nSPS) is 28.3. The maximum absolute atomic E-state index is 10.8. The van der Waals surface area contributed by atoms with Crippen molar-refractivity contribution in [1.29, 1.82) is 0 Å². The first-order chi connectivity index (χ1) is 13.1. The lowest BCUT2D eigenvalue weighted by Gasteiger charge is -2.35.